The van der Waals surface area contributed by atoms with E-state index in [0.717, 1.165) is 5.56 Å². The number of hydrogen-bond acceptors (Lipinski definition) is 2. The fraction of sp³-hybridized carbons (Fsp3) is 0.316. The molecule has 0 bridgehead atoms. The first kappa shape index (κ1) is 18.6. The molecule has 1 amide bonds. The highest BCUT2D eigenvalue weighted by atomic mass is 35.5. The molecule has 138 valence electrons. The minimum absolute atomic E-state index is 0.0385. The quantitative estimate of drug-likeness (QED) is 0.727. The largest absolute Gasteiger partial charge is 0.573 e. The van der Waals surface area contributed by atoms with Gasteiger partial charge in [0.2, 0.25) is 5.91 Å². The van der Waals surface area contributed by atoms with E-state index in [0.29, 0.717) is 17.0 Å². The van der Waals surface area contributed by atoms with Crippen molar-refractivity contribution >= 4 is 17.5 Å². The van der Waals surface area contributed by atoms with Crippen LogP contribution in [0.2, 0.25) is 5.02 Å². The predicted molar refractivity (Wildman–Crippen MR) is 91.9 cm³/mol. The van der Waals surface area contributed by atoms with Crippen LogP contribution in [0.1, 0.15) is 23.5 Å². The molecular weight excluding hydrogens is 367 g/mol. The van der Waals surface area contributed by atoms with Crippen LogP contribution in [0.4, 0.5) is 13.2 Å². The van der Waals surface area contributed by atoms with Gasteiger partial charge in [0.05, 0.1) is 0 Å². The van der Waals surface area contributed by atoms with Crippen molar-refractivity contribution < 1.29 is 22.7 Å². The zero-order valence-electron chi connectivity index (χ0n) is 14.0. The summed E-state index contributed by atoms with van der Waals surface area (Å²) in [5.41, 5.74) is 1.23. The van der Waals surface area contributed by atoms with Gasteiger partial charge in [-0.1, -0.05) is 48.0 Å². The molecule has 1 aliphatic carbocycles. The summed E-state index contributed by atoms with van der Waals surface area (Å²) in [7, 11) is 1.58. The lowest BCUT2D eigenvalue weighted by Gasteiger charge is -2.20. The van der Waals surface area contributed by atoms with Gasteiger partial charge in [0.1, 0.15) is 5.75 Å². The highest BCUT2D eigenvalue weighted by molar-refractivity contribution is 6.31. The Kier molecular flexibility index (Phi) is 5.14. The summed E-state index contributed by atoms with van der Waals surface area (Å²) < 4.78 is 41.6. The van der Waals surface area contributed by atoms with E-state index in [1.54, 1.807) is 19.2 Å². The molecule has 1 aliphatic rings. The van der Waals surface area contributed by atoms with Crippen LogP contribution in [0.5, 0.6) is 5.75 Å². The van der Waals surface area contributed by atoms with Crippen LogP contribution in [-0.4, -0.2) is 24.2 Å². The lowest BCUT2D eigenvalue weighted by molar-refractivity contribution is -0.275. The van der Waals surface area contributed by atoms with E-state index in [2.05, 4.69) is 4.74 Å². The van der Waals surface area contributed by atoms with Crippen molar-refractivity contribution in [1.82, 2.24) is 4.90 Å². The number of para-hydroxylation sites is 1. The molecule has 2 aromatic carbocycles. The van der Waals surface area contributed by atoms with E-state index in [4.69, 9.17) is 11.6 Å². The monoisotopic (exact) mass is 383 g/mol. The van der Waals surface area contributed by atoms with Crippen molar-refractivity contribution in [3.63, 3.8) is 0 Å². The summed E-state index contributed by atoms with van der Waals surface area (Å²) in [6, 6.07) is 13.2. The van der Waals surface area contributed by atoms with Crippen LogP contribution >= 0.6 is 11.6 Å². The maximum Gasteiger partial charge on any atom is 0.573 e. The number of nitrogens with zero attached hydrogens (tertiary/aromatic N) is 1. The molecule has 0 spiro atoms. The van der Waals surface area contributed by atoms with Crippen molar-refractivity contribution in [1.29, 1.82) is 0 Å². The van der Waals surface area contributed by atoms with Gasteiger partial charge >= 0.3 is 6.36 Å². The number of hydrogen-bond donors (Lipinski definition) is 0. The van der Waals surface area contributed by atoms with Crippen LogP contribution in [0.15, 0.2) is 48.5 Å². The highest BCUT2D eigenvalue weighted by Gasteiger charge is 2.46. The summed E-state index contributed by atoms with van der Waals surface area (Å²) in [6.45, 7) is 0.0385. The Morgan fingerprint density at radius 1 is 1.19 bits per heavy atom. The third-order valence-corrected chi connectivity index (χ3v) is 4.74. The molecule has 0 radical (unpaired) electrons. The Hall–Kier alpha value is -2.21. The third-order valence-electron chi connectivity index (χ3n) is 4.39. The topological polar surface area (TPSA) is 29.5 Å². The van der Waals surface area contributed by atoms with E-state index < -0.39 is 6.36 Å². The molecule has 0 aliphatic heterocycles. The highest BCUT2D eigenvalue weighted by Crippen LogP contribution is 2.50. The van der Waals surface area contributed by atoms with E-state index in [9.17, 15) is 18.0 Å². The van der Waals surface area contributed by atoms with Crippen LogP contribution in [0, 0.1) is 5.92 Å². The van der Waals surface area contributed by atoms with Gasteiger partial charge < -0.3 is 9.64 Å². The number of amides is 1. The minimum atomic E-state index is -4.77. The zero-order chi connectivity index (χ0) is 18.9. The average Bonchev–Trinajstić information content (AvgIpc) is 3.35. The van der Waals surface area contributed by atoms with Crippen molar-refractivity contribution in [2.75, 3.05) is 7.05 Å². The SMILES string of the molecule is CN(Cc1ccccc1OC(F)(F)F)C(=O)C1CC1c1ccccc1Cl. The average molecular weight is 384 g/mol. The number of rotatable bonds is 5. The molecule has 0 N–H and O–H groups in total. The minimum Gasteiger partial charge on any atom is -0.405 e. The molecule has 26 heavy (non-hydrogen) atoms. The maximum atomic E-state index is 12.6. The number of halogens is 4. The molecule has 2 unspecified atom stereocenters. The van der Waals surface area contributed by atoms with E-state index >= 15 is 0 Å². The maximum absolute atomic E-state index is 12.6. The fourth-order valence-electron chi connectivity index (χ4n) is 3.06. The second kappa shape index (κ2) is 7.19. The van der Waals surface area contributed by atoms with Crippen molar-refractivity contribution in [3.05, 3.63) is 64.7 Å². The Labute approximate surface area is 154 Å². The number of alkyl halides is 3. The normalized spacial score (nSPS) is 19.1. The number of benzene rings is 2. The standard InChI is InChI=1S/C19H17ClF3NO2/c1-24(11-12-6-2-5-9-17(12)26-19(21,22)23)18(25)15-10-14(15)13-7-3-4-8-16(13)20/h2-9,14-15H,10-11H2,1H3. The Morgan fingerprint density at radius 2 is 1.85 bits per heavy atom. The van der Waals surface area contributed by atoms with E-state index in [1.165, 1.54) is 23.1 Å². The first-order chi connectivity index (χ1) is 12.3. The number of ether oxygens (including phenoxy) is 1. The van der Waals surface area contributed by atoms with Crippen LogP contribution in [0.25, 0.3) is 0 Å². The predicted octanol–water partition coefficient (Wildman–Crippen LogP) is 5.00. The molecule has 3 nitrogen and oxygen atoms in total. The molecule has 2 aromatic rings. The van der Waals surface area contributed by atoms with Gasteiger partial charge in [-0.2, -0.15) is 0 Å². The molecule has 7 heteroatoms. The second-order valence-electron chi connectivity index (χ2n) is 6.32. The van der Waals surface area contributed by atoms with Gasteiger partial charge in [0.15, 0.2) is 0 Å². The van der Waals surface area contributed by atoms with Crippen molar-refractivity contribution in [3.8, 4) is 5.75 Å². The Balaban J connectivity index is 1.67. The summed E-state index contributed by atoms with van der Waals surface area (Å²) in [6.07, 6.45) is -4.09. The van der Waals surface area contributed by atoms with Gasteiger partial charge in [0, 0.05) is 30.1 Å². The molecule has 0 aromatic heterocycles. The van der Waals surface area contributed by atoms with Gasteiger partial charge in [-0.25, -0.2) is 0 Å². The Morgan fingerprint density at radius 3 is 2.54 bits per heavy atom. The van der Waals surface area contributed by atoms with Crippen LogP contribution in [0.3, 0.4) is 0 Å². The van der Waals surface area contributed by atoms with Crippen molar-refractivity contribution in [2.45, 2.75) is 25.2 Å². The summed E-state index contributed by atoms with van der Waals surface area (Å²) in [4.78, 5) is 14.1. The van der Waals surface area contributed by atoms with Gasteiger partial charge in [-0.15, -0.1) is 13.2 Å². The summed E-state index contributed by atoms with van der Waals surface area (Å²) in [5.74, 6) is -0.550. The van der Waals surface area contributed by atoms with E-state index in [-0.39, 0.29) is 30.0 Å². The first-order valence-electron chi connectivity index (χ1n) is 8.09. The van der Waals surface area contributed by atoms with Crippen LogP contribution in [-0.2, 0) is 11.3 Å². The van der Waals surface area contributed by atoms with Gasteiger partial charge in [-0.3, -0.25) is 4.79 Å². The molecule has 0 heterocycles. The fourth-order valence-corrected chi connectivity index (χ4v) is 3.34. The van der Waals surface area contributed by atoms with Gasteiger partial charge in [0.25, 0.3) is 0 Å². The number of carbonyl (C=O) groups is 1. The molecule has 1 fully saturated rings. The Bertz CT molecular complexity index is 809. The third kappa shape index (κ3) is 4.30. The molecule has 2 atom stereocenters. The van der Waals surface area contributed by atoms with Crippen molar-refractivity contribution in [2.24, 2.45) is 5.92 Å². The molecule has 3 rings (SSSR count). The van der Waals surface area contributed by atoms with E-state index in [1.807, 2.05) is 18.2 Å². The molecule has 1 saturated carbocycles. The first-order valence-corrected chi connectivity index (χ1v) is 8.47. The molecular formula is C19H17ClF3NO2. The zero-order valence-corrected chi connectivity index (χ0v) is 14.7. The lowest BCUT2D eigenvalue weighted by Crippen LogP contribution is -2.28. The summed E-state index contributed by atoms with van der Waals surface area (Å²) in [5, 5.41) is 0.624. The van der Waals surface area contributed by atoms with Crippen LogP contribution < -0.4 is 4.74 Å². The smallest absolute Gasteiger partial charge is 0.405 e. The lowest BCUT2D eigenvalue weighted by atomic mass is 10.1. The van der Waals surface area contributed by atoms with Gasteiger partial charge in [-0.05, 0) is 30.0 Å². The second-order valence-corrected chi connectivity index (χ2v) is 6.73. The number of carbonyl (C=O) groups excluding carboxylic acids is 1. The molecule has 0 saturated heterocycles. The summed E-state index contributed by atoms with van der Waals surface area (Å²) >= 11 is 6.17.